The molecule has 27 heavy (non-hydrogen) atoms. The Morgan fingerprint density at radius 2 is 1.63 bits per heavy atom. The Bertz CT molecular complexity index is 940. The number of nitrogens with zero attached hydrogens (tertiary/aromatic N) is 2. The number of nitrogen functional groups attached to an aromatic ring is 1. The van der Waals surface area contributed by atoms with E-state index in [1.807, 2.05) is 56.3 Å². The molecule has 0 atom stereocenters. The van der Waals surface area contributed by atoms with E-state index in [4.69, 9.17) is 20.2 Å². The van der Waals surface area contributed by atoms with Crippen LogP contribution in [0.15, 0.2) is 55.1 Å². The van der Waals surface area contributed by atoms with E-state index in [0.717, 1.165) is 16.7 Å². The lowest BCUT2D eigenvalue weighted by molar-refractivity contribution is 0.288. The number of aromatic nitrogens is 2. The maximum Gasteiger partial charge on any atom is 0.162 e. The molecule has 2 aromatic carbocycles. The Morgan fingerprint density at radius 1 is 0.963 bits per heavy atom. The molecule has 3 rings (SSSR count). The second-order valence-electron chi connectivity index (χ2n) is 5.82. The molecule has 0 aliphatic carbocycles. The van der Waals surface area contributed by atoms with E-state index in [1.165, 1.54) is 0 Å². The molecule has 0 radical (unpaired) electrons. The Labute approximate surface area is 159 Å². The van der Waals surface area contributed by atoms with Crippen molar-refractivity contribution in [1.29, 1.82) is 0 Å². The molecule has 2 N–H and O–H groups in total. The van der Waals surface area contributed by atoms with Crippen molar-refractivity contribution in [2.24, 2.45) is 0 Å². The average molecular weight is 361 g/mol. The molecule has 0 aliphatic heterocycles. The van der Waals surface area contributed by atoms with Crippen LogP contribution in [0.25, 0.3) is 28.7 Å². The summed E-state index contributed by atoms with van der Waals surface area (Å²) in [7, 11) is 0. The first kappa shape index (κ1) is 18.5. The molecule has 0 bridgehead atoms. The lowest BCUT2D eigenvalue weighted by Crippen LogP contribution is -2.02. The third-order valence-corrected chi connectivity index (χ3v) is 3.99. The maximum absolute atomic E-state index is 6.07. The van der Waals surface area contributed by atoms with Crippen LogP contribution in [-0.2, 0) is 0 Å². The summed E-state index contributed by atoms with van der Waals surface area (Å²) in [6.07, 6.45) is 1.77. The van der Waals surface area contributed by atoms with Gasteiger partial charge in [0.2, 0.25) is 0 Å². The smallest absolute Gasteiger partial charge is 0.162 e. The first-order chi connectivity index (χ1) is 13.2. The summed E-state index contributed by atoms with van der Waals surface area (Å²) < 4.78 is 11.5. The molecule has 0 fully saturated rings. The third kappa shape index (κ3) is 4.08. The predicted molar refractivity (Wildman–Crippen MR) is 110 cm³/mol. The number of rotatable bonds is 7. The summed E-state index contributed by atoms with van der Waals surface area (Å²) >= 11 is 0. The Hall–Kier alpha value is -3.34. The summed E-state index contributed by atoms with van der Waals surface area (Å²) in [5, 5.41) is 0. The highest BCUT2D eigenvalue weighted by atomic mass is 16.5. The van der Waals surface area contributed by atoms with Crippen LogP contribution in [0.2, 0.25) is 0 Å². The summed E-state index contributed by atoms with van der Waals surface area (Å²) in [6, 6.07) is 15.3. The lowest BCUT2D eigenvalue weighted by atomic mass is 10.0. The summed E-state index contributed by atoms with van der Waals surface area (Å²) in [4.78, 5) is 9.10. The van der Waals surface area contributed by atoms with E-state index < -0.39 is 0 Å². The molecule has 3 aromatic rings. The minimum absolute atomic E-state index is 0.403. The van der Waals surface area contributed by atoms with Gasteiger partial charge in [-0.05, 0) is 31.5 Å². The Balaban J connectivity index is 2.16. The van der Waals surface area contributed by atoms with Crippen molar-refractivity contribution in [3.8, 4) is 34.1 Å². The van der Waals surface area contributed by atoms with E-state index in [2.05, 4.69) is 11.6 Å². The minimum Gasteiger partial charge on any atom is -0.490 e. The topological polar surface area (TPSA) is 70.3 Å². The van der Waals surface area contributed by atoms with Gasteiger partial charge in [0, 0.05) is 17.2 Å². The van der Waals surface area contributed by atoms with Crippen LogP contribution in [0.3, 0.4) is 0 Å². The van der Waals surface area contributed by atoms with Crippen molar-refractivity contribution < 1.29 is 9.47 Å². The van der Waals surface area contributed by atoms with Gasteiger partial charge in [-0.15, -0.1) is 0 Å². The molecule has 138 valence electrons. The van der Waals surface area contributed by atoms with Crippen molar-refractivity contribution in [3.05, 3.63) is 60.7 Å². The fourth-order valence-electron chi connectivity index (χ4n) is 2.82. The fourth-order valence-corrected chi connectivity index (χ4v) is 2.82. The lowest BCUT2D eigenvalue weighted by Gasteiger charge is -2.15. The first-order valence-corrected chi connectivity index (χ1v) is 8.92. The molecular weight excluding hydrogens is 338 g/mol. The van der Waals surface area contributed by atoms with Crippen LogP contribution in [0.5, 0.6) is 11.5 Å². The second-order valence-corrected chi connectivity index (χ2v) is 5.82. The van der Waals surface area contributed by atoms with Gasteiger partial charge >= 0.3 is 0 Å². The van der Waals surface area contributed by atoms with Gasteiger partial charge in [-0.2, -0.15) is 0 Å². The van der Waals surface area contributed by atoms with Gasteiger partial charge in [-0.3, -0.25) is 0 Å². The molecule has 0 amide bonds. The predicted octanol–water partition coefficient (Wildman–Crippen LogP) is 4.83. The molecule has 1 aromatic heterocycles. The molecule has 0 aliphatic rings. The highest BCUT2D eigenvalue weighted by molar-refractivity contribution is 5.78. The first-order valence-electron chi connectivity index (χ1n) is 8.92. The third-order valence-electron chi connectivity index (χ3n) is 3.99. The van der Waals surface area contributed by atoms with Crippen molar-refractivity contribution in [2.45, 2.75) is 13.8 Å². The molecule has 0 saturated carbocycles. The highest BCUT2D eigenvalue weighted by Gasteiger charge is 2.15. The van der Waals surface area contributed by atoms with Crippen LogP contribution in [0.1, 0.15) is 19.4 Å². The normalized spacial score (nSPS) is 10.4. The zero-order valence-corrected chi connectivity index (χ0v) is 15.6. The van der Waals surface area contributed by atoms with Gasteiger partial charge in [-0.1, -0.05) is 43.0 Å². The number of ether oxygens (including phenoxy) is 2. The summed E-state index contributed by atoms with van der Waals surface area (Å²) in [6.45, 7) is 8.89. The number of anilines is 1. The number of nitrogens with two attached hydrogens (primary N) is 1. The molecule has 0 unspecified atom stereocenters. The van der Waals surface area contributed by atoms with Gasteiger partial charge in [0.25, 0.3) is 0 Å². The van der Waals surface area contributed by atoms with Crippen LogP contribution in [-0.4, -0.2) is 23.2 Å². The molecule has 5 nitrogen and oxygen atoms in total. The van der Waals surface area contributed by atoms with Gasteiger partial charge < -0.3 is 15.2 Å². The van der Waals surface area contributed by atoms with E-state index in [-0.39, 0.29) is 0 Å². The van der Waals surface area contributed by atoms with E-state index in [1.54, 1.807) is 12.1 Å². The summed E-state index contributed by atoms with van der Waals surface area (Å²) in [5.74, 6) is 2.33. The van der Waals surface area contributed by atoms with Crippen molar-refractivity contribution in [3.63, 3.8) is 0 Å². The number of hydrogen-bond acceptors (Lipinski definition) is 5. The number of hydrogen-bond donors (Lipinski definition) is 1. The van der Waals surface area contributed by atoms with E-state index in [0.29, 0.717) is 42.0 Å². The fraction of sp³-hybridized carbons (Fsp3) is 0.182. The van der Waals surface area contributed by atoms with Gasteiger partial charge in [0.1, 0.15) is 5.82 Å². The SMILES string of the molecule is C=Cc1cc(OCC)c(OCC)cc1-c1cc(N)nc(-c2ccccc2)n1. The maximum atomic E-state index is 6.07. The van der Waals surface area contributed by atoms with Gasteiger partial charge in [-0.25, -0.2) is 9.97 Å². The van der Waals surface area contributed by atoms with Crippen LogP contribution in [0, 0.1) is 0 Å². The quantitative estimate of drug-likeness (QED) is 0.652. The molecular formula is C22H23N3O2. The largest absolute Gasteiger partial charge is 0.490 e. The minimum atomic E-state index is 0.403. The second kappa shape index (κ2) is 8.36. The van der Waals surface area contributed by atoms with Gasteiger partial charge in [0.15, 0.2) is 17.3 Å². The van der Waals surface area contributed by atoms with Crippen LogP contribution in [0.4, 0.5) is 5.82 Å². The Kier molecular flexibility index (Phi) is 5.71. The number of benzene rings is 2. The van der Waals surface area contributed by atoms with Crippen molar-refractivity contribution in [1.82, 2.24) is 9.97 Å². The van der Waals surface area contributed by atoms with Crippen molar-refractivity contribution >= 4 is 11.9 Å². The molecule has 0 spiro atoms. The van der Waals surface area contributed by atoms with E-state index >= 15 is 0 Å². The van der Waals surface area contributed by atoms with Crippen LogP contribution >= 0.6 is 0 Å². The summed E-state index contributed by atoms with van der Waals surface area (Å²) in [5.41, 5.74) is 9.43. The highest BCUT2D eigenvalue weighted by Crippen LogP contribution is 2.37. The standard InChI is InChI=1S/C22H23N3O2/c1-4-15-12-19(26-5-2)20(27-6-3)13-17(15)18-14-21(23)25-22(24-18)16-10-8-7-9-11-16/h4,7-14H,1,5-6H2,2-3H3,(H2,23,24,25). The van der Waals surface area contributed by atoms with Gasteiger partial charge in [0.05, 0.1) is 18.9 Å². The zero-order chi connectivity index (χ0) is 19.2. The molecule has 0 saturated heterocycles. The average Bonchev–Trinajstić information content (AvgIpc) is 2.69. The van der Waals surface area contributed by atoms with Crippen molar-refractivity contribution in [2.75, 3.05) is 18.9 Å². The molecule has 5 heteroatoms. The van der Waals surface area contributed by atoms with E-state index in [9.17, 15) is 0 Å². The zero-order valence-electron chi connectivity index (χ0n) is 15.6. The van der Waals surface area contributed by atoms with Crippen LogP contribution < -0.4 is 15.2 Å². The Morgan fingerprint density at radius 3 is 2.26 bits per heavy atom. The molecule has 1 heterocycles. The monoisotopic (exact) mass is 361 g/mol.